The highest BCUT2D eigenvalue weighted by Crippen LogP contribution is 2.33. The molecule has 0 N–H and O–H groups in total. The summed E-state index contributed by atoms with van der Waals surface area (Å²) in [5, 5.41) is 1.31. The molecule has 0 atom stereocenters. The van der Waals surface area contributed by atoms with Gasteiger partial charge in [-0.15, -0.1) is 11.3 Å². The molecule has 0 unspecified atom stereocenters. The minimum absolute atomic E-state index is 0.296. The molecule has 1 aromatic heterocycles. The average molecular weight is 332 g/mol. The standard InChI is InChI=1S/C14H15F3N2O2S/c1-19(13-18-12(8-22-13)14(15,16)17)7-9-4-5-10(20-2)6-11(9)21-3/h4-6,8H,7H2,1-3H3. The maximum Gasteiger partial charge on any atom is 0.434 e. The van der Waals surface area contributed by atoms with Crippen molar-refractivity contribution < 1.29 is 22.6 Å². The van der Waals surface area contributed by atoms with Crippen LogP contribution in [0.5, 0.6) is 11.5 Å². The second kappa shape index (κ2) is 6.43. The Bertz CT molecular complexity index is 643. The summed E-state index contributed by atoms with van der Waals surface area (Å²) in [6.07, 6.45) is -4.42. The van der Waals surface area contributed by atoms with Crippen LogP contribution in [0.2, 0.25) is 0 Å². The number of alkyl halides is 3. The number of benzene rings is 1. The zero-order valence-electron chi connectivity index (χ0n) is 12.3. The molecule has 0 saturated carbocycles. The van der Waals surface area contributed by atoms with Gasteiger partial charge in [0.1, 0.15) is 11.5 Å². The minimum atomic E-state index is -4.42. The third-order valence-electron chi connectivity index (χ3n) is 3.01. The number of rotatable bonds is 5. The molecular weight excluding hydrogens is 317 g/mol. The Labute approximate surface area is 130 Å². The molecule has 0 radical (unpaired) electrons. The first-order valence-corrected chi connectivity index (χ1v) is 7.18. The van der Waals surface area contributed by atoms with Gasteiger partial charge in [-0.3, -0.25) is 0 Å². The zero-order valence-corrected chi connectivity index (χ0v) is 13.1. The quantitative estimate of drug-likeness (QED) is 0.834. The molecule has 4 nitrogen and oxygen atoms in total. The largest absolute Gasteiger partial charge is 0.497 e. The van der Waals surface area contributed by atoms with Crippen LogP contribution in [0.1, 0.15) is 11.3 Å². The van der Waals surface area contributed by atoms with E-state index in [2.05, 4.69) is 4.98 Å². The second-order valence-corrected chi connectivity index (χ2v) is 5.38. The maximum atomic E-state index is 12.6. The van der Waals surface area contributed by atoms with Crippen LogP contribution < -0.4 is 14.4 Å². The van der Waals surface area contributed by atoms with E-state index in [1.165, 1.54) is 7.11 Å². The lowest BCUT2D eigenvalue weighted by molar-refractivity contribution is -0.140. The number of ether oxygens (including phenoxy) is 2. The first-order chi connectivity index (χ1) is 10.3. The summed E-state index contributed by atoms with van der Waals surface area (Å²) in [7, 11) is 4.76. The number of hydrogen-bond acceptors (Lipinski definition) is 5. The average Bonchev–Trinajstić information content (AvgIpc) is 2.97. The van der Waals surface area contributed by atoms with Crippen molar-refractivity contribution in [2.24, 2.45) is 0 Å². The summed E-state index contributed by atoms with van der Waals surface area (Å²) in [5.74, 6) is 1.26. The van der Waals surface area contributed by atoms with E-state index in [1.54, 1.807) is 31.2 Å². The molecular formula is C14H15F3N2O2S. The van der Waals surface area contributed by atoms with Crippen LogP contribution >= 0.6 is 11.3 Å². The van der Waals surface area contributed by atoms with E-state index in [0.717, 1.165) is 22.3 Å². The van der Waals surface area contributed by atoms with E-state index in [-0.39, 0.29) is 0 Å². The molecule has 0 bridgehead atoms. The van der Waals surface area contributed by atoms with Crippen LogP contribution in [0.3, 0.4) is 0 Å². The number of anilines is 1. The van der Waals surface area contributed by atoms with Crippen LogP contribution in [-0.4, -0.2) is 26.3 Å². The molecule has 1 heterocycles. The zero-order chi connectivity index (χ0) is 16.3. The third kappa shape index (κ3) is 3.62. The number of methoxy groups -OCH3 is 2. The molecule has 8 heteroatoms. The Morgan fingerprint density at radius 2 is 1.95 bits per heavy atom. The lowest BCUT2D eigenvalue weighted by atomic mass is 10.2. The summed E-state index contributed by atoms with van der Waals surface area (Å²) in [6, 6.07) is 5.31. The van der Waals surface area contributed by atoms with Gasteiger partial charge in [0.05, 0.1) is 14.2 Å². The Hall–Kier alpha value is -1.96. The van der Waals surface area contributed by atoms with Gasteiger partial charge in [0.15, 0.2) is 10.8 Å². The lowest BCUT2D eigenvalue weighted by Gasteiger charge is -2.18. The van der Waals surface area contributed by atoms with Gasteiger partial charge in [-0.2, -0.15) is 13.2 Å². The fourth-order valence-corrected chi connectivity index (χ4v) is 2.67. The number of hydrogen-bond donors (Lipinski definition) is 0. The van der Waals surface area contributed by atoms with E-state index in [9.17, 15) is 13.2 Å². The van der Waals surface area contributed by atoms with Crippen LogP contribution in [0.4, 0.5) is 18.3 Å². The lowest BCUT2D eigenvalue weighted by Crippen LogP contribution is -2.17. The predicted molar refractivity (Wildman–Crippen MR) is 78.8 cm³/mol. The topological polar surface area (TPSA) is 34.6 Å². The highest BCUT2D eigenvalue weighted by atomic mass is 32.1. The molecule has 120 valence electrons. The molecule has 0 fully saturated rings. The molecule has 0 saturated heterocycles. The normalized spacial score (nSPS) is 11.4. The van der Waals surface area contributed by atoms with E-state index < -0.39 is 11.9 Å². The summed E-state index contributed by atoms with van der Waals surface area (Å²) in [5.41, 5.74) is -0.0457. The molecule has 0 amide bonds. The summed E-state index contributed by atoms with van der Waals surface area (Å²) in [6.45, 7) is 0.373. The van der Waals surface area contributed by atoms with Gasteiger partial charge in [-0.05, 0) is 12.1 Å². The van der Waals surface area contributed by atoms with E-state index >= 15 is 0 Å². The van der Waals surface area contributed by atoms with Crippen LogP contribution in [0.15, 0.2) is 23.6 Å². The van der Waals surface area contributed by atoms with Crippen molar-refractivity contribution in [1.29, 1.82) is 0 Å². The number of halogens is 3. The molecule has 22 heavy (non-hydrogen) atoms. The number of nitrogens with zero attached hydrogens (tertiary/aromatic N) is 2. The highest BCUT2D eigenvalue weighted by molar-refractivity contribution is 7.13. The smallest absolute Gasteiger partial charge is 0.434 e. The molecule has 0 aliphatic heterocycles. The van der Waals surface area contributed by atoms with Gasteiger partial charge in [0, 0.05) is 30.6 Å². The summed E-state index contributed by atoms with van der Waals surface area (Å²) in [4.78, 5) is 5.26. The fourth-order valence-electron chi connectivity index (χ4n) is 1.88. The molecule has 0 aliphatic carbocycles. The van der Waals surface area contributed by atoms with Crippen molar-refractivity contribution in [1.82, 2.24) is 4.98 Å². The van der Waals surface area contributed by atoms with Crippen molar-refractivity contribution in [2.45, 2.75) is 12.7 Å². The van der Waals surface area contributed by atoms with Crippen LogP contribution in [0.25, 0.3) is 0 Å². The molecule has 0 aliphatic rings. The Morgan fingerprint density at radius 3 is 2.50 bits per heavy atom. The van der Waals surface area contributed by atoms with E-state index in [1.807, 2.05) is 6.07 Å². The summed E-state index contributed by atoms with van der Waals surface area (Å²) < 4.78 is 48.1. The number of thiazole rings is 1. The third-order valence-corrected chi connectivity index (χ3v) is 3.97. The molecule has 1 aromatic carbocycles. The first kappa shape index (κ1) is 16.4. The van der Waals surface area contributed by atoms with Crippen molar-refractivity contribution in [3.8, 4) is 11.5 Å². The predicted octanol–water partition coefficient (Wildman–Crippen LogP) is 3.82. The van der Waals surface area contributed by atoms with Gasteiger partial charge in [-0.1, -0.05) is 0 Å². The fraction of sp³-hybridized carbons (Fsp3) is 0.357. The van der Waals surface area contributed by atoms with Crippen LogP contribution in [-0.2, 0) is 12.7 Å². The monoisotopic (exact) mass is 332 g/mol. The van der Waals surface area contributed by atoms with Crippen molar-refractivity contribution >= 4 is 16.5 Å². The molecule has 2 rings (SSSR count). The van der Waals surface area contributed by atoms with E-state index in [4.69, 9.17) is 9.47 Å². The molecule has 2 aromatic rings. The van der Waals surface area contributed by atoms with Gasteiger partial charge < -0.3 is 14.4 Å². The van der Waals surface area contributed by atoms with Crippen molar-refractivity contribution in [3.05, 3.63) is 34.8 Å². The second-order valence-electron chi connectivity index (χ2n) is 4.55. The Balaban J connectivity index is 2.18. The van der Waals surface area contributed by atoms with Gasteiger partial charge in [0.25, 0.3) is 0 Å². The first-order valence-electron chi connectivity index (χ1n) is 6.30. The van der Waals surface area contributed by atoms with Gasteiger partial charge in [0.2, 0.25) is 0 Å². The Kier molecular flexibility index (Phi) is 4.80. The number of aromatic nitrogens is 1. The van der Waals surface area contributed by atoms with Gasteiger partial charge >= 0.3 is 6.18 Å². The highest BCUT2D eigenvalue weighted by Gasteiger charge is 2.34. The van der Waals surface area contributed by atoms with E-state index in [0.29, 0.717) is 23.2 Å². The van der Waals surface area contributed by atoms with Crippen molar-refractivity contribution in [3.63, 3.8) is 0 Å². The minimum Gasteiger partial charge on any atom is -0.497 e. The summed E-state index contributed by atoms with van der Waals surface area (Å²) >= 11 is 0.954. The maximum absolute atomic E-state index is 12.6. The van der Waals surface area contributed by atoms with Crippen molar-refractivity contribution in [2.75, 3.05) is 26.2 Å². The SMILES string of the molecule is COc1ccc(CN(C)c2nc(C(F)(F)F)cs2)c(OC)c1. The molecule has 0 spiro atoms. The Morgan fingerprint density at radius 1 is 1.23 bits per heavy atom. The van der Waals surface area contributed by atoms with Crippen LogP contribution in [0, 0.1) is 0 Å². The van der Waals surface area contributed by atoms with Gasteiger partial charge in [-0.25, -0.2) is 4.98 Å².